The Morgan fingerprint density at radius 1 is 1.43 bits per heavy atom. The lowest BCUT2D eigenvalue weighted by atomic mass is 10.2. The highest BCUT2D eigenvalue weighted by molar-refractivity contribution is 5.92. The summed E-state index contributed by atoms with van der Waals surface area (Å²) in [5.74, 6) is 0.344. The molecule has 0 aliphatic heterocycles. The van der Waals surface area contributed by atoms with Crippen LogP contribution in [-0.2, 0) is 11.3 Å². The smallest absolute Gasteiger partial charge is 0.404 e. The molecule has 0 atom stereocenters. The molecule has 3 N–H and O–H groups in total. The zero-order chi connectivity index (χ0) is 15.0. The van der Waals surface area contributed by atoms with Gasteiger partial charge in [0.05, 0.1) is 23.1 Å². The normalized spacial score (nSPS) is 14.3. The number of imidazole rings is 1. The zero-order valence-corrected chi connectivity index (χ0v) is 11.3. The van der Waals surface area contributed by atoms with Crippen LogP contribution in [-0.4, -0.2) is 33.3 Å². The van der Waals surface area contributed by atoms with Gasteiger partial charge in [0, 0.05) is 5.92 Å². The number of nitrogens with zero attached hydrogens (tertiary/aromatic N) is 2. The average Bonchev–Trinajstić information content (AvgIpc) is 3.21. The highest BCUT2D eigenvalue weighted by atomic mass is 16.5. The molecule has 2 aromatic rings. The quantitative estimate of drug-likeness (QED) is 0.871. The topological polar surface area (TPSA) is 107 Å². The van der Waals surface area contributed by atoms with Gasteiger partial charge >= 0.3 is 12.1 Å². The van der Waals surface area contributed by atoms with Crippen molar-refractivity contribution < 1.29 is 19.4 Å². The maximum absolute atomic E-state index is 11.0. The highest BCUT2D eigenvalue weighted by Crippen LogP contribution is 2.40. The minimum absolute atomic E-state index is 0.168. The van der Waals surface area contributed by atoms with Crippen LogP contribution in [0.25, 0.3) is 11.0 Å². The Labute approximate surface area is 120 Å². The zero-order valence-electron chi connectivity index (χ0n) is 11.3. The number of carboxylic acid groups (broad SMARTS) is 1. The molecule has 1 saturated carbocycles. The van der Waals surface area contributed by atoms with Crippen LogP contribution in [0.1, 0.15) is 34.9 Å². The fraction of sp³-hybridized carbons (Fsp3) is 0.357. The number of carbonyl (C=O) groups excluding carboxylic acids is 1. The Kier molecular flexibility index (Phi) is 3.25. The number of hydrogen-bond donors (Lipinski definition) is 2. The first-order valence-corrected chi connectivity index (χ1v) is 6.72. The van der Waals surface area contributed by atoms with Crippen molar-refractivity contribution in [3.63, 3.8) is 0 Å². The molecule has 1 heterocycles. The van der Waals surface area contributed by atoms with Crippen molar-refractivity contribution in [2.45, 2.75) is 25.3 Å². The largest absolute Gasteiger partial charge is 0.478 e. The van der Waals surface area contributed by atoms with Crippen molar-refractivity contribution >= 4 is 23.1 Å². The van der Waals surface area contributed by atoms with Gasteiger partial charge in [-0.1, -0.05) is 0 Å². The summed E-state index contributed by atoms with van der Waals surface area (Å²) in [4.78, 5) is 26.2. The Morgan fingerprint density at radius 2 is 2.19 bits per heavy atom. The summed E-state index contributed by atoms with van der Waals surface area (Å²) in [6.07, 6.45) is 1.35. The summed E-state index contributed by atoms with van der Waals surface area (Å²) in [7, 11) is 0. The molecule has 1 aromatic heterocycles. The number of hydrogen-bond acceptors (Lipinski definition) is 4. The van der Waals surface area contributed by atoms with E-state index in [2.05, 4.69) is 4.98 Å². The molecule has 0 saturated heterocycles. The predicted molar refractivity (Wildman–Crippen MR) is 74.2 cm³/mol. The molecule has 0 spiro atoms. The molecule has 0 unspecified atom stereocenters. The number of carbonyl (C=O) groups is 2. The SMILES string of the molecule is NC(=O)OCCn1c(C2CC2)nc2cc(C(=O)O)ccc21. The fourth-order valence-electron chi connectivity index (χ4n) is 2.41. The summed E-state index contributed by atoms with van der Waals surface area (Å²) in [6, 6.07) is 4.85. The number of primary amides is 1. The lowest BCUT2D eigenvalue weighted by Gasteiger charge is -2.08. The van der Waals surface area contributed by atoms with Gasteiger partial charge in [0.2, 0.25) is 0 Å². The van der Waals surface area contributed by atoms with Gasteiger partial charge in [-0.25, -0.2) is 14.6 Å². The third kappa shape index (κ3) is 2.67. The van der Waals surface area contributed by atoms with Crippen LogP contribution >= 0.6 is 0 Å². The highest BCUT2D eigenvalue weighted by Gasteiger charge is 2.29. The summed E-state index contributed by atoms with van der Waals surface area (Å²) in [5, 5.41) is 9.04. The number of benzene rings is 1. The molecule has 1 aliphatic carbocycles. The third-order valence-corrected chi connectivity index (χ3v) is 3.53. The first-order chi connectivity index (χ1) is 10.1. The molecule has 7 nitrogen and oxygen atoms in total. The molecule has 1 amide bonds. The van der Waals surface area contributed by atoms with Gasteiger partial charge in [-0.05, 0) is 31.0 Å². The molecule has 110 valence electrons. The Morgan fingerprint density at radius 3 is 2.81 bits per heavy atom. The van der Waals surface area contributed by atoms with E-state index in [0.29, 0.717) is 18.0 Å². The van der Waals surface area contributed by atoms with Gasteiger partial charge in [-0.3, -0.25) is 0 Å². The molecule has 0 bridgehead atoms. The number of aromatic nitrogens is 2. The second-order valence-electron chi connectivity index (χ2n) is 5.07. The van der Waals surface area contributed by atoms with Crippen LogP contribution in [0.4, 0.5) is 4.79 Å². The molecule has 1 aromatic carbocycles. The molecule has 1 aliphatic rings. The van der Waals surface area contributed by atoms with Crippen molar-refractivity contribution in [1.82, 2.24) is 9.55 Å². The minimum Gasteiger partial charge on any atom is -0.478 e. The third-order valence-electron chi connectivity index (χ3n) is 3.53. The fourth-order valence-corrected chi connectivity index (χ4v) is 2.41. The second kappa shape index (κ2) is 5.08. The van der Waals surface area contributed by atoms with Crippen molar-refractivity contribution in [2.75, 3.05) is 6.61 Å². The molecule has 3 rings (SSSR count). The van der Waals surface area contributed by atoms with Crippen LogP contribution in [0.3, 0.4) is 0 Å². The van der Waals surface area contributed by atoms with E-state index in [1.807, 2.05) is 4.57 Å². The maximum atomic E-state index is 11.0. The van der Waals surface area contributed by atoms with Gasteiger partial charge in [0.25, 0.3) is 0 Å². The van der Waals surface area contributed by atoms with Crippen LogP contribution in [0.15, 0.2) is 18.2 Å². The Hall–Kier alpha value is -2.57. The van der Waals surface area contributed by atoms with Crippen molar-refractivity contribution in [3.8, 4) is 0 Å². The Balaban J connectivity index is 1.97. The first-order valence-electron chi connectivity index (χ1n) is 6.72. The number of nitrogens with two attached hydrogens (primary N) is 1. The molecule has 1 fully saturated rings. The van der Waals surface area contributed by atoms with Crippen molar-refractivity contribution in [2.24, 2.45) is 5.73 Å². The van der Waals surface area contributed by atoms with E-state index in [4.69, 9.17) is 15.6 Å². The van der Waals surface area contributed by atoms with E-state index >= 15 is 0 Å². The molecular weight excluding hydrogens is 274 g/mol. The summed E-state index contributed by atoms with van der Waals surface area (Å²) in [6.45, 7) is 0.624. The average molecular weight is 289 g/mol. The van der Waals surface area contributed by atoms with Crippen LogP contribution in [0.2, 0.25) is 0 Å². The van der Waals surface area contributed by atoms with E-state index in [-0.39, 0.29) is 12.2 Å². The van der Waals surface area contributed by atoms with Gasteiger partial charge < -0.3 is 20.1 Å². The van der Waals surface area contributed by atoms with E-state index in [1.165, 1.54) is 0 Å². The Bertz CT molecular complexity index is 718. The first kappa shape index (κ1) is 13.4. The number of amides is 1. The van der Waals surface area contributed by atoms with E-state index in [9.17, 15) is 9.59 Å². The standard InChI is InChI=1S/C14H15N3O4/c15-14(20)21-6-5-17-11-4-3-9(13(18)19)7-10(11)16-12(17)8-1-2-8/h3-4,7-8H,1-2,5-6H2,(H2,15,20)(H,18,19). The van der Waals surface area contributed by atoms with Crippen LogP contribution in [0, 0.1) is 0 Å². The lowest BCUT2D eigenvalue weighted by Crippen LogP contribution is -2.17. The van der Waals surface area contributed by atoms with Gasteiger partial charge in [-0.15, -0.1) is 0 Å². The van der Waals surface area contributed by atoms with Gasteiger partial charge in [0.15, 0.2) is 0 Å². The lowest BCUT2D eigenvalue weighted by molar-refractivity contribution is 0.0697. The van der Waals surface area contributed by atoms with E-state index in [0.717, 1.165) is 24.2 Å². The molecule has 0 radical (unpaired) electrons. The number of fused-ring (bicyclic) bond motifs is 1. The van der Waals surface area contributed by atoms with Gasteiger partial charge in [-0.2, -0.15) is 0 Å². The van der Waals surface area contributed by atoms with Crippen molar-refractivity contribution in [1.29, 1.82) is 0 Å². The maximum Gasteiger partial charge on any atom is 0.404 e. The summed E-state index contributed by atoms with van der Waals surface area (Å²) < 4.78 is 6.75. The van der Waals surface area contributed by atoms with Gasteiger partial charge in [0.1, 0.15) is 12.4 Å². The van der Waals surface area contributed by atoms with E-state index in [1.54, 1.807) is 18.2 Å². The van der Waals surface area contributed by atoms with Crippen LogP contribution in [0.5, 0.6) is 0 Å². The summed E-state index contributed by atoms with van der Waals surface area (Å²) in [5.41, 5.74) is 6.66. The molecular formula is C14H15N3O4. The summed E-state index contributed by atoms with van der Waals surface area (Å²) >= 11 is 0. The van der Waals surface area contributed by atoms with Crippen molar-refractivity contribution in [3.05, 3.63) is 29.6 Å². The number of aromatic carboxylic acids is 1. The van der Waals surface area contributed by atoms with E-state index < -0.39 is 12.1 Å². The number of ether oxygens (including phenoxy) is 1. The minimum atomic E-state index is -0.975. The monoisotopic (exact) mass is 289 g/mol. The number of rotatable bonds is 5. The second-order valence-corrected chi connectivity index (χ2v) is 5.07. The van der Waals surface area contributed by atoms with Crippen LogP contribution < -0.4 is 5.73 Å². The molecule has 7 heteroatoms. The predicted octanol–water partition coefficient (Wildman–Crippen LogP) is 1.71. The molecule has 21 heavy (non-hydrogen) atoms. The number of carboxylic acids is 1.